The highest BCUT2D eigenvalue weighted by Crippen LogP contribution is 2.22. The van der Waals surface area contributed by atoms with Crippen LogP contribution < -0.4 is 4.65 Å². The molecular weight excluding hydrogens is 181 g/mol. The fourth-order valence-corrected chi connectivity index (χ4v) is 1.15. The molecule has 0 aliphatic rings. The molecule has 0 saturated heterocycles. The monoisotopic (exact) mass is 191 g/mol. The Hall–Kier alpha value is -1.51. The summed E-state index contributed by atoms with van der Waals surface area (Å²) in [7, 11) is -1.83. The first-order valence-corrected chi connectivity index (χ1v) is 4.08. The Morgan fingerprint density at radius 1 is 1.29 bits per heavy atom. The van der Waals surface area contributed by atoms with E-state index in [2.05, 4.69) is 0 Å². The number of aryl methyl sites for hydroxylation is 2. The van der Waals surface area contributed by atoms with Crippen molar-refractivity contribution in [3.05, 3.63) is 28.8 Å². The molecule has 0 unspecified atom stereocenters. The first-order valence-electron chi connectivity index (χ1n) is 4.08. The van der Waals surface area contributed by atoms with Gasteiger partial charge in [-0.1, -0.05) is 0 Å². The molecule has 0 atom stereocenters. The van der Waals surface area contributed by atoms with Crippen LogP contribution >= 0.6 is 0 Å². The second kappa shape index (κ2) is 4.14. The molecule has 1 rings (SSSR count). The zero-order valence-electron chi connectivity index (χ0n) is 7.98. The zero-order chi connectivity index (χ0) is 10.7. The highest BCUT2D eigenvalue weighted by molar-refractivity contribution is 6.33. The van der Waals surface area contributed by atoms with Crippen molar-refractivity contribution in [2.45, 2.75) is 13.8 Å². The van der Waals surface area contributed by atoms with Gasteiger partial charge in [-0.25, -0.2) is 0 Å². The SMILES string of the molecule is Cc1cc(OB(O)O)c(C)cc1C#N. The Morgan fingerprint density at radius 3 is 2.43 bits per heavy atom. The van der Waals surface area contributed by atoms with E-state index in [1.54, 1.807) is 26.0 Å². The van der Waals surface area contributed by atoms with Crippen molar-refractivity contribution >= 4 is 7.32 Å². The van der Waals surface area contributed by atoms with Gasteiger partial charge in [-0.3, -0.25) is 0 Å². The van der Waals surface area contributed by atoms with Crippen LogP contribution in [0, 0.1) is 25.2 Å². The highest BCUT2D eigenvalue weighted by Gasteiger charge is 2.14. The molecule has 0 aromatic heterocycles. The van der Waals surface area contributed by atoms with E-state index >= 15 is 0 Å². The summed E-state index contributed by atoms with van der Waals surface area (Å²) in [4.78, 5) is 0. The van der Waals surface area contributed by atoms with Gasteiger partial charge in [-0.2, -0.15) is 5.26 Å². The molecule has 72 valence electrons. The van der Waals surface area contributed by atoms with Crippen LogP contribution in [0.4, 0.5) is 0 Å². The maximum Gasteiger partial charge on any atom is 0.707 e. The molecule has 14 heavy (non-hydrogen) atoms. The number of benzene rings is 1. The minimum atomic E-state index is -1.83. The predicted octanol–water partition coefficient (Wildman–Crippen LogP) is 0.523. The second-order valence-corrected chi connectivity index (χ2v) is 2.99. The Morgan fingerprint density at radius 2 is 1.93 bits per heavy atom. The maximum atomic E-state index is 8.73. The van der Waals surface area contributed by atoms with Crippen molar-refractivity contribution in [3.63, 3.8) is 0 Å². The van der Waals surface area contributed by atoms with E-state index in [-0.39, 0.29) is 0 Å². The van der Waals surface area contributed by atoms with Crippen LogP contribution in [0.5, 0.6) is 5.75 Å². The first kappa shape index (κ1) is 10.6. The van der Waals surface area contributed by atoms with E-state index in [1.165, 1.54) is 0 Å². The first-order chi connectivity index (χ1) is 6.54. The molecule has 0 saturated carbocycles. The van der Waals surface area contributed by atoms with E-state index in [1.807, 2.05) is 6.07 Å². The Kier molecular flexibility index (Phi) is 3.12. The van der Waals surface area contributed by atoms with Gasteiger partial charge in [-0.15, -0.1) is 0 Å². The molecule has 5 heteroatoms. The average molecular weight is 191 g/mol. The molecule has 0 spiro atoms. The molecule has 0 heterocycles. The lowest BCUT2D eigenvalue weighted by atomic mass is 10.1. The van der Waals surface area contributed by atoms with E-state index in [0.29, 0.717) is 16.9 Å². The normalized spacial score (nSPS) is 9.36. The van der Waals surface area contributed by atoms with Crippen LogP contribution in [0.1, 0.15) is 16.7 Å². The summed E-state index contributed by atoms with van der Waals surface area (Å²) < 4.78 is 4.73. The molecule has 0 fully saturated rings. The van der Waals surface area contributed by atoms with Crippen molar-refractivity contribution in [2.24, 2.45) is 0 Å². The summed E-state index contributed by atoms with van der Waals surface area (Å²) in [5.41, 5.74) is 2.00. The zero-order valence-corrected chi connectivity index (χ0v) is 7.98. The lowest BCUT2D eigenvalue weighted by molar-refractivity contribution is 0.287. The van der Waals surface area contributed by atoms with Crippen molar-refractivity contribution in [1.82, 2.24) is 0 Å². The largest absolute Gasteiger partial charge is 0.707 e. The number of nitrogens with zero attached hydrogens (tertiary/aromatic N) is 1. The molecule has 4 nitrogen and oxygen atoms in total. The summed E-state index contributed by atoms with van der Waals surface area (Å²) in [6.45, 7) is 3.49. The maximum absolute atomic E-state index is 8.73. The van der Waals surface area contributed by atoms with Gasteiger partial charge in [0.05, 0.1) is 11.6 Å². The third-order valence-corrected chi connectivity index (χ3v) is 1.87. The van der Waals surface area contributed by atoms with Gasteiger partial charge < -0.3 is 14.7 Å². The van der Waals surface area contributed by atoms with Gasteiger partial charge in [0.25, 0.3) is 0 Å². The minimum Gasteiger partial charge on any atom is -0.512 e. The van der Waals surface area contributed by atoms with Gasteiger partial charge in [0.2, 0.25) is 0 Å². The van der Waals surface area contributed by atoms with E-state index in [0.717, 1.165) is 5.56 Å². The van der Waals surface area contributed by atoms with Gasteiger partial charge in [-0.05, 0) is 37.1 Å². The van der Waals surface area contributed by atoms with Crippen LogP contribution in [0.15, 0.2) is 12.1 Å². The van der Waals surface area contributed by atoms with Gasteiger partial charge in [0, 0.05) is 0 Å². The smallest absolute Gasteiger partial charge is 0.512 e. The van der Waals surface area contributed by atoms with E-state index in [4.69, 9.17) is 20.0 Å². The fraction of sp³-hybridized carbons (Fsp3) is 0.222. The fourth-order valence-electron chi connectivity index (χ4n) is 1.15. The standard InChI is InChI=1S/C9H10BNO3/c1-6-4-9(14-10(12)13)7(2)3-8(6)5-11/h3-4,12-13H,1-2H3. The number of hydrogen-bond acceptors (Lipinski definition) is 4. The van der Waals surface area contributed by atoms with Crippen molar-refractivity contribution in [2.75, 3.05) is 0 Å². The molecule has 1 aromatic rings. The lowest BCUT2D eigenvalue weighted by Crippen LogP contribution is -2.21. The summed E-state index contributed by atoms with van der Waals surface area (Å²) in [5, 5.41) is 26.0. The van der Waals surface area contributed by atoms with Crippen LogP contribution in [-0.2, 0) is 0 Å². The molecule has 2 N–H and O–H groups in total. The highest BCUT2D eigenvalue weighted by atomic mass is 16.6. The molecule has 0 bridgehead atoms. The van der Waals surface area contributed by atoms with E-state index in [9.17, 15) is 0 Å². The number of hydrogen-bond donors (Lipinski definition) is 2. The number of rotatable bonds is 2. The summed E-state index contributed by atoms with van der Waals surface area (Å²) in [5.74, 6) is 0.372. The molecule has 0 aliphatic heterocycles. The topological polar surface area (TPSA) is 73.5 Å². The third kappa shape index (κ3) is 2.25. The van der Waals surface area contributed by atoms with Crippen molar-refractivity contribution < 1.29 is 14.7 Å². The van der Waals surface area contributed by atoms with E-state index < -0.39 is 7.32 Å². The predicted molar refractivity (Wildman–Crippen MR) is 51.5 cm³/mol. The van der Waals surface area contributed by atoms with Crippen LogP contribution in [0.25, 0.3) is 0 Å². The molecule has 0 radical (unpaired) electrons. The van der Waals surface area contributed by atoms with Crippen LogP contribution in [0.2, 0.25) is 0 Å². The van der Waals surface area contributed by atoms with Crippen molar-refractivity contribution in [1.29, 1.82) is 5.26 Å². The van der Waals surface area contributed by atoms with Crippen molar-refractivity contribution in [3.8, 4) is 11.8 Å². The number of nitriles is 1. The van der Waals surface area contributed by atoms with Crippen LogP contribution in [0.3, 0.4) is 0 Å². The molecule has 0 aliphatic carbocycles. The summed E-state index contributed by atoms with van der Waals surface area (Å²) >= 11 is 0. The molecule has 0 amide bonds. The third-order valence-electron chi connectivity index (χ3n) is 1.87. The van der Waals surface area contributed by atoms with Gasteiger partial charge in [0.15, 0.2) is 0 Å². The lowest BCUT2D eigenvalue weighted by Gasteiger charge is -2.09. The van der Waals surface area contributed by atoms with Gasteiger partial charge in [0.1, 0.15) is 5.75 Å². The quantitative estimate of drug-likeness (QED) is 0.668. The molecular formula is C9H10BNO3. The Bertz CT molecular complexity index is 384. The average Bonchev–Trinajstić information content (AvgIpc) is 2.10. The summed E-state index contributed by atoms with van der Waals surface area (Å²) in [6.07, 6.45) is 0. The Labute approximate surface area is 82.5 Å². The Balaban J connectivity index is 3.10. The minimum absolute atomic E-state index is 0.372. The van der Waals surface area contributed by atoms with Crippen LogP contribution in [-0.4, -0.2) is 17.4 Å². The second-order valence-electron chi connectivity index (χ2n) is 2.99. The molecule has 1 aromatic carbocycles. The summed E-state index contributed by atoms with van der Waals surface area (Å²) in [6, 6.07) is 5.29. The van der Waals surface area contributed by atoms with Gasteiger partial charge >= 0.3 is 7.32 Å².